The highest BCUT2D eigenvalue weighted by Crippen LogP contribution is 2.19. The second-order valence-corrected chi connectivity index (χ2v) is 9.22. The van der Waals surface area contributed by atoms with Crippen LogP contribution < -0.4 is 15.5 Å². The summed E-state index contributed by atoms with van der Waals surface area (Å²) in [5, 5.41) is 9.02. The Kier molecular flexibility index (Phi) is 7.90. The van der Waals surface area contributed by atoms with E-state index in [9.17, 15) is 0 Å². The molecule has 3 rings (SSSR count). The molecule has 27 heavy (non-hydrogen) atoms. The number of anilines is 1. The van der Waals surface area contributed by atoms with E-state index in [1.54, 1.807) is 0 Å². The van der Waals surface area contributed by atoms with Crippen LogP contribution in [0.2, 0.25) is 0 Å². The van der Waals surface area contributed by atoms with Crippen molar-refractivity contribution in [3.05, 3.63) is 52.2 Å². The minimum Gasteiger partial charge on any atom is -0.370 e. The van der Waals surface area contributed by atoms with Crippen molar-refractivity contribution < 1.29 is 0 Å². The second-order valence-electron chi connectivity index (χ2n) is 6.96. The van der Waals surface area contributed by atoms with Gasteiger partial charge in [0.25, 0.3) is 0 Å². The van der Waals surface area contributed by atoms with E-state index in [-0.39, 0.29) is 0 Å². The number of guanidine groups is 1. The maximum absolute atomic E-state index is 4.35. The molecule has 2 N–H and O–H groups in total. The minimum atomic E-state index is 0.573. The second kappa shape index (κ2) is 10.6. The Morgan fingerprint density at radius 3 is 2.59 bits per heavy atom. The molecule has 1 saturated heterocycles. The Hall–Kier alpha value is -1.66. The lowest BCUT2D eigenvalue weighted by Gasteiger charge is -2.28. The van der Waals surface area contributed by atoms with Crippen molar-refractivity contribution in [3.63, 3.8) is 0 Å². The number of nitrogens with zero attached hydrogens (tertiary/aromatic N) is 2. The quantitative estimate of drug-likeness (QED) is 0.545. The molecule has 1 aromatic heterocycles. The SMILES string of the molecule is CN=C(NCc1ccc(N2CCSCC2)cc1)NCC(C)Cc1cccs1. The Labute approximate surface area is 171 Å². The van der Waals surface area contributed by atoms with Crippen molar-refractivity contribution in [2.24, 2.45) is 10.9 Å². The molecule has 1 fully saturated rings. The number of thiophene rings is 1. The summed E-state index contributed by atoms with van der Waals surface area (Å²) in [6.45, 7) is 6.29. The number of nitrogens with one attached hydrogen (secondary N) is 2. The molecule has 1 unspecified atom stereocenters. The van der Waals surface area contributed by atoms with Gasteiger partial charge in [0, 0.05) is 55.3 Å². The van der Waals surface area contributed by atoms with Gasteiger partial charge in [-0.15, -0.1) is 11.3 Å². The number of aliphatic imine (C=N–C) groups is 1. The molecule has 1 aliphatic rings. The molecule has 0 aliphatic carbocycles. The van der Waals surface area contributed by atoms with Crippen molar-refractivity contribution >= 4 is 34.7 Å². The van der Waals surface area contributed by atoms with Gasteiger partial charge >= 0.3 is 0 Å². The van der Waals surface area contributed by atoms with E-state index < -0.39 is 0 Å². The summed E-state index contributed by atoms with van der Waals surface area (Å²) in [6.07, 6.45) is 1.11. The molecule has 146 valence electrons. The molecular weight excluding hydrogens is 372 g/mol. The summed E-state index contributed by atoms with van der Waals surface area (Å²) in [7, 11) is 1.83. The highest BCUT2D eigenvalue weighted by atomic mass is 32.2. The lowest BCUT2D eigenvalue weighted by molar-refractivity contribution is 0.562. The molecule has 0 radical (unpaired) electrons. The van der Waals surface area contributed by atoms with Crippen LogP contribution in [0.5, 0.6) is 0 Å². The van der Waals surface area contributed by atoms with Crippen molar-refractivity contribution in [1.29, 1.82) is 0 Å². The van der Waals surface area contributed by atoms with Gasteiger partial charge in [0.05, 0.1) is 0 Å². The lowest BCUT2D eigenvalue weighted by atomic mass is 10.1. The smallest absolute Gasteiger partial charge is 0.191 e. The molecule has 2 heterocycles. The first-order valence-corrected chi connectivity index (χ1v) is 11.7. The van der Waals surface area contributed by atoms with Gasteiger partial charge in [-0.25, -0.2) is 0 Å². The maximum atomic E-state index is 4.35. The van der Waals surface area contributed by atoms with Gasteiger partial charge in [0.15, 0.2) is 5.96 Å². The Morgan fingerprint density at radius 2 is 1.93 bits per heavy atom. The van der Waals surface area contributed by atoms with Crippen LogP contribution in [0.1, 0.15) is 17.4 Å². The van der Waals surface area contributed by atoms with Crippen molar-refractivity contribution in [2.75, 3.05) is 43.1 Å². The fourth-order valence-electron chi connectivity index (χ4n) is 3.17. The standard InChI is InChI=1S/C21H30N4S2/c1-17(14-20-4-3-11-27-20)15-23-21(22-2)24-16-18-5-7-19(8-6-18)25-9-12-26-13-10-25/h3-8,11,17H,9-10,12-16H2,1-2H3,(H2,22,23,24). The molecule has 0 spiro atoms. The normalized spacial score (nSPS) is 16.2. The average Bonchev–Trinajstić information content (AvgIpc) is 3.22. The number of hydrogen-bond donors (Lipinski definition) is 2. The molecule has 6 heteroatoms. The first-order valence-electron chi connectivity index (χ1n) is 9.63. The predicted molar refractivity (Wildman–Crippen MR) is 121 cm³/mol. The fourth-order valence-corrected chi connectivity index (χ4v) is 4.94. The van der Waals surface area contributed by atoms with Crippen LogP contribution in [0.4, 0.5) is 5.69 Å². The third-order valence-corrected chi connectivity index (χ3v) is 6.59. The Bertz CT molecular complexity index is 691. The Morgan fingerprint density at radius 1 is 1.15 bits per heavy atom. The molecule has 0 saturated carbocycles. The van der Waals surface area contributed by atoms with E-state index in [1.807, 2.05) is 30.1 Å². The van der Waals surface area contributed by atoms with Gasteiger partial charge in [-0.1, -0.05) is 25.1 Å². The third kappa shape index (κ3) is 6.47. The van der Waals surface area contributed by atoms with E-state index in [4.69, 9.17) is 0 Å². The summed E-state index contributed by atoms with van der Waals surface area (Å²) in [4.78, 5) is 8.27. The Balaban J connectivity index is 1.42. The zero-order chi connectivity index (χ0) is 18.9. The van der Waals surface area contributed by atoms with Crippen molar-refractivity contribution in [3.8, 4) is 0 Å². The summed E-state index contributed by atoms with van der Waals surface area (Å²) in [6, 6.07) is 13.3. The van der Waals surface area contributed by atoms with Crippen molar-refractivity contribution in [2.45, 2.75) is 19.9 Å². The van der Waals surface area contributed by atoms with Crippen LogP contribution in [-0.2, 0) is 13.0 Å². The summed E-state index contributed by atoms with van der Waals surface area (Å²) in [5.74, 6) is 3.90. The summed E-state index contributed by atoms with van der Waals surface area (Å²) >= 11 is 3.88. The van der Waals surface area contributed by atoms with Crippen LogP contribution >= 0.6 is 23.1 Å². The van der Waals surface area contributed by atoms with Gasteiger partial charge in [-0.2, -0.15) is 11.8 Å². The zero-order valence-corrected chi connectivity index (χ0v) is 17.9. The monoisotopic (exact) mass is 402 g/mol. The third-order valence-electron chi connectivity index (χ3n) is 4.74. The fraction of sp³-hybridized carbons (Fsp3) is 0.476. The average molecular weight is 403 g/mol. The van der Waals surface area contributed by atoms with Gasteiger partial charge < -0.3 is 15.5 Å². The predicted octanol–water partition coefficient (Wildman–Crippen LogP) is 3.85. The molecule has 4 nitrogen and oxygen atoms in total. The van der Waals surface area contributed by atoms with E-state index in [2.05, 4.69) is 69.2 Å². The zero-order valence-electron chi connectivity index (χ0n) is 16.3. The molecule has 1 aromatic carbocycles. The van der Waals surface area contributed by atoms with Gasteiger partial charge in [0.1, 0.15) is 0 Å². The molecule has 0 bridgehead atoms. The van der Waals surface area contributed by atoms with Crippen LogP contribution in [0.3, 0.4) is 0 Å². The van der Waals surface area contributed by atoms with Crippen LogP contribution in [0.15, 0.2) is 46.8 Å². The van der Waals surface area contributed by atoms with Gasteiger partial charge in [-0.05, 0) is 41.5 Å². The van der Waals surface area contributed by atoms with E-state index >= 15 is 0 Å². The largest absolute Gasteiger partial charge is 0.370 e. The van der Waals surface area contributed by atoms with Gasteiger partial charge in [-0.3, -0.25) is 4.99 Å². The molecule has 0 amide bonds. The summed E-state index contributed by atoms with van der Waals surface area (Å²) < 4.78 is 0. The number of rotatable bonds is 7. The van der Waals surface area contributed by atoms with Crippen molar-refractivity contribution in [1.82, 2.24) is 10.6 Å². The van der Waals surface area contributed by atoms with E-state index in [0.717, 1.165) is 38.6 Å². The minimum absolute atomic E-state index is 0.573. The van der Waals surface area contributed by atoms with E-state index in [0.29, 0.717) is 5.92 Å². The number of hydrogen-bond acceptors (Lipinski definition) is 4. The first kappa shape index (κ1) is 20.1. The molecule has 2 aromatic rings. The molecule has 1 aliphatic heterocycles. The number of benzene rings is 1. The van der Waals surface area contributed by atoms with E-state index in [1.165, 1.54) is 27.6 Å². The highest BCUT2D eigenvalue weighted by molar-refractivity contribution is 7.99. The molecule has 1 atom stereocenters. The van der Waals surface area contributed by atoms with Crippen LogP contribution in [0.25, 0.3) is 0 Å². The summed E-state index contributed by atoms with van der Waals surface area (Å²) in [5.41, 5.74) is 2.61. The highest BCUT2D eigenvalue weighted by Gasteiger charge is 2.11. The van der Waals surface area contributed by atoms with Crippen LogP contribution in [0, 0.1) is 5.92 Å². The topological polar surface area (TPSA) is 39.7 Å². The molecular formula is C21H30N4S2. The first-order chi connectivity index (χ1) is 13.2. The number of thioether (sulfide) groups is 1. The lowest BCUT2D eigenvalue weighted by Crippen LogP contribution is -2.39. The maximum Gasteiger partial charge on any atom is 0.191 e. The van der Waals surface area contributed by atoms with Crippen LogP contribution in [-0.4, -0.2) is 44.1 Å². The van der Waals surface area contributed by atoms with Gasteiger partial charge in [0.2, 0.25) is 0 Å².